The van der Waals surface area contributed by atoms with Gasteiger partial charge in [-0.15, -0.1) is 0 Å². The first-order chi connectivity index (χ1) is 16.3. The molecule has 0 aliphatic carbocycles. The van der Waals surface area contributed by atoms with E-state index in [9.17, 15) is 24.5 Å². The zero-order chi connectivity index (χ0) is 24.4. The minimum absolute atomic E-state index is 0.0900. The van der Waals surface area contributed by atoms with E-state index >= 15 is 0 Å². The van der Waals surface area contributed by atoms with Crippen LogP contribution in [0.5, 0.6) is 0 Å². The van der Waals surface area contributed by atoms with Gasteiger partial charge in [0.25, 0.3) is 17.5 Å². The molecule has 0 radical (unpaired) electrons. The summed E-state index contributed by atoms with van der Waals surface area (Å²) < 4.78 is 5.69. The van der Waals surface area contributed by atoms with Crippen LogP contribution >= 0.6 is 0 Å². The van der Waals surface area contributed by atoms with Gasteiger partial charge in [-0.1, -0.05) is 32.0 Å². The maximum absolute atomic E-state index is 13.5. The minimum atomic E-state index is -1.01. The number of anilines is 1. The molecule has 4 rings (SSSR count). The zero-order valence-corrected chi connectivity index (χ0v) is 19.2. The highest BCUT2D eigenvalue weighted by atomic mass is 16.6. The van der Waals surface area contributed by atoms with Crippen LogP contribution in [0.15, 0.2) is 48.5 Å². The van der Waals surface area contributed by atoms with Crippen LogP contribution < -0.4 is 4.90 Å². The van der Waals surface area contributed by atoms with Gasteiger partial charge in [-0.2, -0.15) is 0 Å². The lowest BCUT2D eigenvalue weighted by atomic mass is 10.0. The van der Waals surface area contributed by atoms with E-state index in [0.29, 0.717) is 18.2 Å². The molecule has 2 aliphatic heterocycles. The van der Waals surface area contributed by atoms with Crippen LogP contribution in [0.4, 0.5) is 11.4 Å². The third-order valence-corrected chi connectivity index (χ3v) is 6.31. The van der Waals surface area contributed by atoms with Crippen LogP contribution in [0.1, 0.15) is 54.9 Å². The maximum Gasteiger partial charge on any atom is 0.270 e. The lowest BCUT2D eigenvalue weighted by Gasteiger charge is -2.30. The number of ether oxygens (including phenoxy) is 1. The number of nitro benzene ring substituents is 1. The number of non-ortho nitro benzene ring substituents is 1. The molecule has 2 heterocycles. The van der Waals surface area contributed by atoms with Gasteiger partial charge in [0, 0.05) is 30.8 Å². The Balaban J connectivity index is 1.64. The van der Waals surface area contributed by atoms with E-state index in [0.717, 1.165) is 23.3 Å². The first kappa shape index (κ1) is 23.6. The van der Waals surface area contributed by atoms with Crippen molar-refractivity contribution in [3.8, 4) is 0 Å². The molecule has 2 aliphatic rings. The van der Waals surface area contributed by atoms with Gasteiger partial charge in [0.1, 0.15) is 6.04 Å². The normalized spacial score (nSPS) is 20.3. The van der Waals surface area contributed by atoms with Crippen molar-refractivity contribution >= 4 is 29.1 Å². The number of benzene rings is 2. The van der Waals surface area contributed by atoms with Crippen LogP contribution in [0.3, 0.4) is 0 Å². The number of nitro groups is 1. The first-order valence-electron chi connectivity index (χ1n) is 11.4. The lowest BCUT2D eigenvalue weighted by molar-refractivity contribution is -0.384. The number of amides is 3. The average Bonchev–Trinajstić information content (AvgIpc) is 3.44. The Kier molecular flexibility index (Phi) is 6.74. The van der Waals surface area contributed by atoms with Gasteiger partial charge in [0.05, 0.1) is 23.1 Å². The van der Waals surface area contributed by atoms with Gasteiger partial charge >= 0.3 is 0 Å². The fourth-order valence-corrected chi connectivity index (χ4v) is 4.42. The van der Waals surface area contributed by atoms with Crippen molar-refractivity contribution in [1.82, 2.24) is 4.90 Å². The standard InChI is InChI=1S/C25H27N3O6/c1-16(2)17-8-10-19(11-9-17)27-23(29)14-22(25(27)31)26(15-21-7-4-12-34-21)24(30)18-5-3-6-20(13-18)28(32)33/h3,5-6,8-11,13,16,21-22H,4,7,12,14-15H2,1-2H3. The molecule has 0 bridgehead atoms. The third kappa shape index (κ3) is 4.70. The predicted octanol–water partition coefficient (Wildman–Crippen LogP) is 3.67. The summed E-state index contributed by atoms with van der Waals surface area (Å²) in [7, 11) is 0. The molecule has 2 fully saturated rings. The highest BCUT2D eigenvalue weighted by Gasteiger charge is 2.45. The Bertz CT molecular complexity index is 1110. The summed E-state index contributed by atoms with van der Waals surface area (Å²) in [6.45, 7) is 4.81. The summed E-state index contributed by atoms with van der Waals surface area (Å²) in [6.07, 6.45) is 1.16. The molecule has 2 aromatic rings. The molecular formula is C25H27N3O6. The monoisotopic (exact) mass is 465 g/mol. The Hall–Kier alpha value is -3.59. The summed E-state index contributed by atoms with van der Waals surface area (Å²) in [5.41, 5.74) is 1.41. The number of hydrogen-bond acceptors (Lipinski definition) is 6. The molecular weight excluding hydrogens is 438 g/mol. The minimum Gasteiger partial charge on any atom is -0.376 e. The molecule has 2 aromatic carbocycles. The fourth-order valence-electron chi connectivity index (χ4n) is 4.42. The Morgan fingerprint density at radius 2 is 1.94 bits per heavy atom. The van der Waals surface area contributed by atoms with E-state index < -0.39 is 28.7 Å². The summed E-state index contributed by atoms with van der Waals surface area (Å²) >= 11 is 0. The van der Waals surface area contributed by atoms with E-state index in [1.165, 1.54) is 29.2 Å². The molecule has 0 aromatic heterocycles. The topological polar surface area (TPSA) is 110 Å². The molecule has 2 saturated heterocycles. The maximum atomic E-state index is 13.5. The summed E-state index contributed by atoms with van der Waals surface area (Å²) in [5.74, 6) is -1.11. The van der Waals surface area contributed by atoms with Crippen molar-refractivity contribution in [2.24, 2.45) is 0 Å². The second-order valence-electron chi connectivity index (χ2n) is 8.93. The first-order valence-corrected chi connectivity index (χ1v) is 11.4. The Morgan fingerprint density at radius 3 is 2.56 bits per heavy atom. The largest absolute Gasteiger partial charge is 0.376 e. The van der Waals surface area contributed by atoms with E-state index in [2.05, 4.69) is 13.8 Å². The highest BCUT2D eigenvalue weighted by molar-refractivity contribution is 6.23. The number of carbonyl (C=O) groups is 3. The van der Waals surface area contributed by atoms with Crippen molar-refractivity contribution in [2.75, 3.05) is 18.1 Å². The summed E-state index contributed by atoms with van der Waals surface area (Å²) in [4.78, 5) is 52.9. The van der Waals surface area contributed by atoms with E-state index in [-0.39, 0.29) is 30.3 Å². The molecule has 178 valence electrons. The third-order valence-electron chi connectivity index (χ3n) is 6.31. The van der Waals surface area contributed by atoms with E-state index in [4.69, 9.17) is 4.74 Å². The van der Waals surface area contributed by atoms with Crippen LogP contribution in [0.25, 0.3) is 0 Å². The van der Waals surface area contributed by atoms with E-state index in [1.807, 2.05) is 12.1 Å². The number of imide groups is 1. The van der Waals surface area contributed by atoms with Crippen molar-refractivity contribution in [3.63, 3.8) is 0 Å². The van der Waals surface area contributed by atoms with Crippen molar-refractivity contribution in [3.05, 3.63) is 69.8 Å². The SMILES string of the molecule is CC(C)c1ccc(N2C(=O)CC(N(CC3CCCO3)C(=O)c3cccc([N+](=O)[O-])c3)C2=O)cc1. The van der Waals surface area contributed by atoms with Crippen molar-refractivity contribution in [2.45, 2.75) is 51.2 Å². The molecule has 0 N–H and O–H groups in total. The van der Waals surface area contributed by atoms with Crippen molar-refractivity contribution in [1.29, 1.82) is 0 Å². The van der Waals surface area contributed by atoms with E-state index in [1.54, 1.807) is 12.1 Å². The van der Waals surface area contributed by atoms with Gasteiger partial charge in [0.2, 0.25) is 5.91 Å². The van der Waals surface area contributed by atoms with Gasteiger partial charge < -0.3 is 9.64 Å². The number of carbonyl (C=O) groups excluding carboxylic acids is 3. The molecule has 3 amide bonds. The average molecular weight is 466 g/mol. The molecule has 9 nitrogen and oxygen atoms in total. The molecule has 2 unspecified atom stereocenters. The second kappa shape index (κ2) is 9.72. The zero-order valence-electron chi connectivity index (χ0n) is 19.2. The lowest BCUT2D eigenvalue weighted by Crippen LogP contribution is -2.48. The highest BCUT2D eigenvalue weighted by Crippen LogP contribution is 2.29. The number of nitrogens with zero attached hydrogens (tertiary/aromatic N) is 3. The molecule has 34 heavy (non-hydrogen) atoms. The van der Waals surface area contributed by atoms with Gasteiger partial charge in [-0.05, 0) is 42.5 Å². The summed E-state index contributed by atoms with van der Waals surface area (Å²) in [5, 5.41) is 11.2. The van der Waals surface area contributed by atoms with Crippen molar-refractivity contribution < 1.29 is 24.0 Å². The van der Waals surface area contributed by atoms with Gasteiger partial charge in [0.15, 0.2) is 0 Å². The van der Waals surface area contributed by atoms with Crippen LogP contribution in [-0.2, 0) is 14.3 Å². The summed E-state index contributed by atoms with van der Waals surface area (Å²) in [6, 6.07) is 11.6. The molecule has 2 atom stereocenters. The van der Waals surface area contributed by atoms with Crippen LogP contribution in [0.2, 0.25) is 0 Å². The smallest absolute Gasteiger partial charge is 0.270 e. The molecule has 0 saturated carbocycles. The van der Waals surface area contributed by atoms with Gasteiger partial charge in [-0.3, -0.25) is 24.5 Å². The van der Waals surface area contributed by atoms with Gasteiger partial charge in [-0.25, -0.2) is 4.90 Å². The quantitative estimate of drug-likeness (QED) is 0.351. The van der Waals surface area contributed by atoms with Crippen LogP contribution in [0, 0.1) is 10.1 Å². The Morgan fingerprint density at radius 1 is 1.21 bits per heavy atom. The number of hydrogen-bond donors (Lipinski definition) is 0. The van der Waals surface area contributed by atoms with Crippen LogP contribution in [-0.4, -0.2) is 52.8 Å². The molecule has 9 heteroatoms. The Labute approximate surface area is 197 Å². The predicted molar refractivity (Wildman–Crippen MR) is 125 cm³/mol. The fraction of sp³-hybridized carbons (Fsp3) is 0.400. The number of rotatable bonds is 7. The molecule has 0 spiro atoms. The second-order valence-corrected chi connectivity index (χ2v) is 8.93.